The number of carbonyl (C=O) groups is 1. The van der Waals surface area contributed by atoms with E-state index in [0.29, 0.717) is 0 Å². The van der Waals surface area contributed by atoms with Crippen molar-refractivity contribution in [2.45, 2.75) is 37.0 Å². The summed E-state index contributed by atoms with van der Waals surface area (Å²) in [6.45, 7) is -0.103. The van der Waals surface area contributed by atoms with E-state index in [-0.39, 0.29) is 37.3 Å². The standard InChI is InChI=1S/C13H22N2O9P2/c14-7-11(16)3-4-12(17)9-15-5-1-2-10(8-15)6-13(18,25(19,20)21)26(22,23)24/h1-2,5,8,12,17-18H,3-4,6-7,9,14H2,(H3-,19,20,21,22,23,24)/p+1. The molecule has 26 heavy (non-hydrogen) atoms. The lowest BCUT2D eigenvalue weighted by molar-refractivity contribution is -0.704. The molecule has 0 amide bonds. The molecule has 0 fully saturated rings. The van der Waals surface area contributed by atoms with Gasteiger partial charge < -0.3 is 35.5 Å². The molecule has 0 spiro atoms. The van der Waals surface area contributed by atoms with Crippen LogP contribution in [0.15, 0.2) is 24.5 Å². The Kier molecular flexibility index (Phi) is 7.79. The van der Waals surface area contributed by atoms with Crippen LogP contribution in [-0.2, 0) is 26.9 Å². The summed E-state index contributed by atoms with van der Waals surface area (Å²) in [5.41, 5.74) is 5.21. The summed E-state index contributed by atoms with van der Waals surface area (Å²) in [4.78, 5) is 47.8. The van der Waals surface area contributed by atoms with Gasteiger partial charge in [-0.2, -0.15) is 0 Å². The molecule has 1 unspecified atom stereocenters. The number of ketones is 1. The first-order valence-electron chi connectivity index (χ1n) is 7.51. The van der Waals surface area contributed by atoms with Crippen LogP contribution in [0.1, 0.15) is 18.4 Å². The van der Waals surface area contributed by atoms with Crippen LogP contribution >= 0.6 is 15.2 Å². The molecule has 148 valence electrons. The highest BCUT2D eigenvalue weighted by Gasteiger charge is 2.59. The SMILES string of the molecule is NCC(=O)CCC(O)C[n+]1cccc(CC(O)(P(=O)(O)O)P(=O)(O)O)c1. The summed E-state index contributed by atoms with van der Waals surface area (Å²) in [7, 11) is -11.1. The zero-order chi connectivity index (χ0) is 20.2. The summed E-state index contributed by atoms with van der Waals surface area (Å²) < 4.78 is 24.2. The molecule has 0 aliphatic carbocycles. The van der Waals surface area contributed by atoms with E-state index in [2.05, 4.69) is 0 Å². The van der Waals surface area contributed by atoms with Crippen molar-refractivity contribution in [3.05, 3.63) is 30.1 Å². The minimum atomic E-state index is -5.56. The molecule has 0 aliphatic rings. The van der Waals surface area contributed by atoms with Gasteiger partial charge in [0, 0.05) is 24.5 Å². The van der Waals surface area contributed by atoms with E-state index < -0.39 is 32.8 Å². The maximum atomic E-state index is 11.4. The van der Waals surface area contributed by atoms with Crippen LogP contribution in [-0.4, -0.2) is 53.3 Å². The Bertz CT molecular complexity index is 708. The zero-order valence-corrected chi connectivity index (χ0v) is 15.5. The Morgan fingerprint density at radius 3 is 2.31 bits per heavy atom. The second kappa shape index (κ2) is 8.79. The van der Waals surface area contributed by atoms with Gasteiger partial charge in [0.05, 0.1) is 6.54 Å². The highest BCUT2D eigenvalue weighted by Crippen LogP contribution is 2.68. The largest absolute Gasteiger partial charge is 0.387 e. The zero-order valence-electron chi connectivity index (χ0n) is 13.7. The van der Waals surface area contributed by atoms with E-state index >= 15 is 0 Å². The third kappa shape index (κ3) is 6.02. The summed E-state index contributed by atoms with van der Waals surface area (Å²) >= 11 is 0. The third-order valence-corrected chi connectivity index (χ3v) is 7.44. The average molecular weight is 413 g/mol. The van der Waals surface area contributed by atoms with Crippen molar-refractivity contribution in [3.63, 3.8) is 0 Å². The molecule has 0 saturated carbocycles. The molecule has 0 aliphatic heterocycles. The fraction of sp³-hybridized carbons (Fsp3) is 0.538. The molecule has 1 heterocycles. The van der Waals surface area contributed by atoms with E-state index in [4.69, 9.17) is 5.73 Å². The summed E-state index contributed by atoms with van der Waals surface area (Å²) in [6.07, 6.45) is 1.13. The molecular formula is C13H23N2O9P2+. The second-order valence-corrected chi connectivity index (χ2v) is 9.89. The monoisotopic (exact) mass is 413 g/mol. The van der Waals surface area contributed by atoms with Gasteiger partial charge in [-0.1, -0.05) is 0 Å². The normalized spacial score (nSPS) is 14.3. The molecule has 1 atom stereocenters. The van der Waals surface area contributed by atoms with E-state index in [9.17, 15) is 43.7 Å². The molecular weight excluding hydrogens is 390 g/mol. The Morgan fingerprint density at radius 1 is 1.23 bits per heavy atom. The van der Waals surface area contributed by atoms with Crippen molar-refractivity contribution in [3.8, 4) is 0 Å². The summed E-state index contributed by atoms with van der Waals surface area (Å²) in [6, 6.07) is 2.74. The van der Waals surface area contributed by atoms with E-state index in [1.54, 1.807) is 0 Å². The van der Waals surface area contributed by atoms with E-state index in [1.165, 1.54) is 29.1 Å². The number of rotatable bonds is 10. The van der Waals surface area contributed by atoms with Gasteiger partial charge in [-0.05, 0) is 12.5 Å². The fourth-order valence-electron chi connectivity index (χ4n) is 2.21. The smallest absolute Gasteiger partial charge is 0.369 e. The van der Waals surface area contributed by atoms with Gasteiger partial charge in [0.1, 0.15) is 11.9 Å². The van der Waals surface area contributed by atoms with Crippen LogP contribution in [0.3, 0.4) is 0 Å². The first-order chi connectivity index (χ1) is 11.8. The first kappa shape index (κ1) is 23.0. The summed E-state index contributed by atoms with van der Waals surface area (Å²) in [5, 5.41) is 16.3. The van der Waals surface area contributed by atoms with Crippen molar-refractivity contribution in [1.82, 2.24) is 0 Å². The lowest BCUT2D eigenvalue weighted by atomic mass is 10.1. The lowest BCUT2D eigenvalue weighted by Gasteiger charge is -2.28. The average Bonchev–Trinajstić information content (AvgIpc) is 2.50. The minimum absolute atomic E-state index is 0.0238. The van der Waals surface area contributed by atoms with Crippen LogP contribution in [0.5, 0.6) is 0 Å². The Morgan fingerprint density at radius 2 is 1.81 bits per heavy atom. The molecule has 0 aromatic carbocycles. The number of carbonyl (C=O) groups excluding carboxylic acids is 1. The van der Waals surface area contributed by atoms with Crippen molar-refractivity contribution in [2.24, 2.45) is 5.73 Å². The van der Waals surface area contributed by atoms with Gasteiger partial charge in [-0.3, -0.25) is 13.9 Å². The Balaban J connectivity index is 2.94. The van der Waals surface area contributed by atoms with Gasteiger partial charge in [-0.25, -0.2) is 4.57 Å². The quantitative estimate of drug-likeness (QED) is 0.169. The first-order valence-corrected chi connectivity index (χ1v) is 10.7. The third-order valence-electron chi connectivity index (χ3n) is 3.70. The topological polar surface area (TPSA) is 202 Å². The predicted molar refractivity (Wildman–Crippen MR) is 88.7 cm³/mol. The van der Waals surface area contributed by atoms with Crippen molar-refractivity contribution < 1.29 is 48.3 Å². The number of Topliss-reactive ketones (excluding diaryl/α,β-unsaturated/α-hetero) is 1. The Labute approximate surface area is 149 Å². The highest BCUT2D eigenvalue weighted by molar-refractivity contribution is 7.72. The number of aromatic nitrogens is 1. The fourth-order valence-corrected chi connectivity index (χ4v) is 4.34. The molecule has 11 nitrogen and oxygen atoms in total. The second-order valence-electron chi connectivity index (χ2n) is 5.88. The van der Waals surface area contributed by atoms with Gasteiger partial charge >= 0.3 is 15.2 Å². The molecule has 1 aromatic heterocycles. The number of aliphatic hydroxyl groups is 2. The molecule has 0 bridgehead atoms. The highest BCUT2D eigenvalue weighted by atomic mass is 31.2. The van der Waals surface area contributed by atoms with Crippen LogP contribution < -0.4 is 10.3 Å². The van der Waals surface area contributed by atoms with Crippen molar-refractivity contribution >= 4 is 21.0 Å². The lowest BCUT2D eigenvalue weighted by Crippen LogP contribution is -2.40. The number of pyridine rings is 1. The summed E-state index contributed by atoms with van der Waals surface area (Å²) in [5.74, 6) is -0.212. The molecule has 0 saturated heterocycles. The number of nitrogens with two attached hydrogens (primary N) is 1. The van der Waals surface area contributed by atoms with E-state index in [1.807, 2.05) is 0 Å². The van der Waals surface area contributed by atoms with Crippen molar-refractivity contribution in [1.29, 1.82) is 0 Å². The van der Waals surface area contributed by atoms with Gasteiger partial charge in [0.2, 0.25) is 0 Å². The Hall–Kier alpha value is -1.00. The predicted octanol–water partition coefficient (Wildman–Crippen LogP) is -1.81. The molecule has 1 aromatic rings. The number of hydrogen-bond acceptors (Lipinski definition) is 6. The van der Waals surface area contributed by atoms with Crippen LogP contribution in [0.4, 0.5) is 0 Å². The maximum Gasteiger partial charge on any atom is 0.369 e. The van der Waals surface area contributed by atoms with Gasteiger partial charge in [-0.15, -0.1) is 0 Å². The van der Waals surface area contributed by atoms with Crippen LogP contribution in [0.25, 0.3) is 0 Å². The van der Waals surface area contributed by atoms with Crippen molar-refractivity contribution in [2.75, 3.05) is 6.54 Å². The number of nitrogens with zero attached hydrogens (tertiary/aromatic N) is 1. The molecule has 0 radical (unpaired) electrons. The van der Waals surface area contributed by atoms with Gasteiger partial charge in [0.15, 0.2) is 18.9 Å². The van der Waals surface area contributed by atoms with E-state index in [0.717, 1.165) is 0 Å². The maximum absolute atomic E-state index is 11.4. The molecule has 8 N–H and O–H groups in total. The number of aliphatic hydroxyl groups excluding tert-OH is 1. The van der Waals surface area contributed by atoms with Crippen LogP contribution in [0.2, 0.25) is 0 Å². The molecule has 13 heteroatoms. The molecule has 1 rings (SSSR count). The number of hydrogen-bond donors (Lipinski definition) is 7. The van der Waals surface area contributed by atoms with Gasteiger partial charge in [0.25, 0.3) is 5.08 Å². The minimum Gasteiger partial charge on any atom is -0.387 e. The van der Waals surface area contributed by atoms with Crippen LogP contribution in [0, 0.1) is 0 Å².